The summed E-state index contributed by atoms with van der Waals surface area (Å²) in [6, 6.07) is 21.1. The maximum absolute atomic E-state index is 13.4. The van der Waals surface area contributed by atoms with Crippen LogP contribution in [0.3, 0.4) is 0 Å². The van der Waals surface area contributed by atoms with Gasteiger partial charge < -0.3 is 24.3 Å². The predicted molar refractivity (Wildman–Crippen MR) is 171 cm³/mol. The third kappa shape index (κ3) is 8.85. The number of sulfonamides is 1. The minimum atomic E-state index is -4.11. The van der Waals surface area contributed by atoms with E-state index in [0.717, 1.165) is 16.8 Å². The number of anilines is 2. The van der Waals surface area contributed by atoms with Crippen LogP contribution in [0.2, 0.25) is 0 Å². The molecule has 0 atom stereocenters. The molecule has 4 rings (SSSR count). The Morgan fingerprint density at radius 3 is 2.26 bits per heavy atom. The molecule has 242 valence electrons. The highest BCUT2D eigenvalue weighted by Crippen LogP contribution is 2.37. The summed E-state index contributed by atoms with van der Waals surface area (Å²) in [5, 5.41) is 2.58. The minimum absolute atomic E-state index is 0.0150. The van der Waals surface area contributed by atoms with Gasteiger partial charge in [-0.2, -0.15) is 4.98 Å². The number of hydrogen-bond donors (Lipinski definition) is 2. The molecule has 1 aromatic heterocycles. The molecule has 0 spiro atoms. The second kappa shape index (κ2) is 14.6. The molecular weight excluding hydrogens is 614 g/mol. The third-order valence-electron chi connectivity index (χ3n) is 6.45. The molecule has 4 aromatic rings. The monoisotopic (exact) mass is 649 g/mol. The van der Waals surface area contributed by atoms with Crippen molar-refractivity contribution in [3.05, 3.63) is 90.8 Å². The maximum atomic E-state index is 13.4. The highest BCUT2D eigenvalue weighted by molar-refractivity contribution is 7.92. The molecule has 2 N–H and O–H groups in total. The average Bonchev–Trinajstić information content (AvgIpc) is 3.04. The van der Waals surface area contributed by atoms with E-state index in [0.29, 0.717) is 11.4 Å². The summed E-state index contributed by atoms with van der Waals surface area (Å²) in [7, 11) is -1.35. The van der Waals surface area contributed by atoms with Crippen LogP contribution in [0.4, 0.5) is 21.1 Å². The van der Waals surface area contributed by atoms with Crippen LogP contribution in [0, 0.1) is 0 Å². The van der Waals surface area contributed by atoms with Gasteiger partial charge in [-0.15, -0.1) is 0 Å². The Morgan fingerprint density at radius 2 is 1.59 bits per heavy atom. The standard InChI is InChI=1S/C32H35N5O8S/c1-32(2,3)22-14-16-26(17-15-22)46(40,41)36-28-27(45-25-13-9-12-24(20-25)42-5)29(34-21-33-28)43-18-19-44-31(39)37(4)30(38)35-23-10-7-6-8-11-23/h6-17,20-21H,18-19H2,1-5H3,(H,35,38)(H,33,34,36). The van der Waals surface area contributed by atoms with Crippen molar-refractivity contribution in [2.75, 3.05) is 37.4 Å². The Bertz CT molecular complexity index is 1760. The number of carbonyl (C=O) groups excluding carboxylic acids is 2. The van der Waals surface area contributed by atoms with E-state index in [1.54, 1.807) is 66.7 Å². The smallest absolute Gasteiger partial charge is 0.417 e. The van der Waals surface area contributed by atoms with Crippen molar-refractivity contribution >= 4 is 33.7 Å². The van der Waals surface area contributed by atoms with Crippen LogP contribution in [-0.4, -0.2) is 62.8 Å². The molecule has 0 saturated heterocycles. The van der Waals surface area contributed by atoms with Gasteiger partial charge in [-0.05, 0) is 47.4 Å². The molecule has 0 aliphatic carbocycles. The molecule has 14 heteroatoms. The van der Waals surface area contributed by atoms with Crippen LogP contribution in [-0.2, 0) is 20.2 Å². The lowest BCUT2D eigenvalue weighted by molar-refractivity contribution is 0.102. The number of nitrogens with one attached hydrogen (secondary N) is 2. The van der Waals surface area contributed by atoms with E-state index in [9.17, 15) is 18.0 Å². The Kier molecular flexibility index (Phi) is 10.6. The summed E-state index contributed by atoms with van der Waals surface area (Å²) in [6.45, 7) is 5.60. The first-order chi connectivity index (χ1) is 21.9. The first-order valence-electron chi connectivity index (χ1n) is 14.1. The molecule has 0 aliphatic heterocycles. The van der Waals surface area contributed by atoms with Gasteiger partial charge in [-0.1, -0.05) is 57.2 Å². The number of nitrogens with zero attached hydrogens (tertiary/aromatic N) is 3. The van der Waals surface area contributed by atoms with E-state index in [1.807, 2.05) is 20.8 Å². The van der Waals surface area contributed by atoms with Crippen LogP contribution in [0.25, 0.3) is 0 Å². The summed E-state index contributed by atoms with van der Waals surface area (Å²) in [6.07, 6.45) is 0.181. The van der Waals surface area contributed by atoms with Crippen LogP contribution < -0.4 is 24.2 Å². The predicted octanol–water partition coefficient (Wildman–Crippen LogP) is 6.06. The molecule has 3 aromatic carbocycles. The normalized spacial score (nSPS) is 11.2. The zero-order chi connectivity index (χ0) is 33.3. The maximum Gasteiger partial charge on any atom is 0.417 e. The molecular formula is C32H35N5O8S. The quantitative estimate of drug-likeness (QED) is 0.183. The van der Waals surface area contributed by atoms with Crippen molar-refractivity contribution in [3.8, 4) is 23.1 Å². The largest absolute Gasteiger partial charge is 0.497 e. The van der Waals surface area contributed by atoms with Crippen molar-refractivity contribution in [1.82, 2.24) is 14.9 Å². The van der Waals surface area contributed by atoms with Gasteiger partial charge in [0.05, 0.1) is 12.0 Å². The molecule has 13 nitrogen and oxygen atoms in total. The number of para-hydroxylation sites is 1. The summed E-state index contributed by atoms with van der Waals surface area (Å²) < 4.78 is 51.3. The molecule has 0 saturated carbocycles. The van der Waals surface area contributed by atoms with Crippen molar-refractivity contribution in [3.63, 3.8) is 0 Å². The number of urea groups is 1. The second-order valence-electron chi connectivity index (χ2n) is 10.8. The van der Waals surface area contributed by atoms with E-state index >= 15 is 0 Å². The lowest BCUT2D eigenvalue weighted by Gasteiger charge is -2.19. The van der Waals surface area contributed by atoms with Crippen LogP contribution in [0.15, 0.2) is 90.1 Å². The molecule has 46 heavy (non-hydrogen) atoms. The Morgan fingerprint density at radius 1 is 0.891 bits per heavy atom. The fourth-order valence-corrected chi connectivity index (χ4v) is 4.92. The fraction of sp³-hybridized carbons (Fsp3) is 0.250. The average molecular weight is 650 g/mol. The number of ether oxygens (including phenoxy) is 4. The van der Waals surface area contributed by atoms with Crippen molar-refractivity contribution < 1.29 is 37.0 Å². The Hall–Kier alpha value is -5.37. The van der Waals surface area contributed by atoms with Gasteiger partial charge in [0.25, 0.3) is 15.9 Å². The molecule has 3 amide bonds. The number of rotatable bonds is 11. The van der Waals surface area contributed by atoms with E-state index in [2.05, 4.69) is 20.0 Å². The SMILES string of the molecule is COc1cccc(Oc2c(NS(=O)(=O)c3ccc(C(C)(C)C)cc3)ncnc2OCCOC(=O)N(C)C(=O)Nc2ccccc2)c1. The first kappa shape index (κ1) is 33.5. The number of amides is 3. The number of methoxy groups -OCH3 is 1. The molecule has 0 unspecified atom stereocenters. The molecule has 0 bridgehead atoms. The van der Waals surface area contributed by atoms with Gasteiger partial charge in [-0.25, -0.2) is 27.9 Å². The van der Waals surface area contributed by atoms with E-state index < -0.39 is 22.1 Å². The van der Waals surface area contributed by atoms with Crippen molar-refractivity contribution in [1.29, 1.82) is 0 Å². The van der Waals surface area contributed by atoms with E-state index in [4.69, 9.17) is 18.9 Å². The molecule has 1 heterocycles. The zero-order valence-electron chi connectivity index (χ0n) is 26.0. The molecule has 0 fully saturated rings. The fourth-order valence-electron chi connectivity index (χ4n) is 3.90. The Labute approximate surface area is 267 Å². The van der Waals surface area contributed by atoms with Crippen LogP contribution >= 0.6 is 0 Å². The van der Waals surface area contributed by atoms with Gasteiger partial charge >= 0.3 is 12.1 Å². The van der Waals surface area contributed by atoms with Gasteiger partial charge in [0.1, 0.15) is 31.0 Å². The van der Waals surface area contributed by atoms with Gasteiger partial charge in [0, 0.05) is 18.8 Å². The number of aromatic nitrogens is 2. The van der Waals surface area contributed by atoms with Crippen LogP contribution in [0.1, 0.15) is 26.3 Å². The van der Waals surface area contributed by atoms with Gasteiger partial charge in [-0.3, -0.25) is 4.72 Å². The van der Waals surface area contributed by atoms with Crippen molar-refractivity contribution in [2.24, 2.45) is 0 Å². The third-order valence-corrected chi connectivity index (χ3v) is 7.80. The van der Waals surface area contributed by atoms with E-state index in [1.165, 1.54) is 26.3 Å². The number of imide groups is 1. The lowest BCUT2D eigenvalue weighted by Crippen LogP contribution is -2.37. The minimum Gasteiger partial charge on any atom is -0.497 e. The summed E-state index contributed by atoms with van der Waals surface area (Å²) >= 11 is 0. The van der Waals surface area contributed by atoms with Gasteiger partial charge in [0.15, 0.2) is 5.82 Å². The number of hydrogen-bond acceptors (Lipinski definition) is 10. The number of carbonyl (C=O) groups is 2. The van der Waals surface area contributed by atoms with Gasteiger partial charge in [0.2, 0.25) is 5.75 Å². The highest BCUT2D eigenvalue weighted by Gasteiger charge is 2.24. The molecule has 0 radical (unpaired) electrons. The zero-order valence-corrected chi connectivity index (χ0v) is 26.8. The van der Waals surface area contributed by atoms with Crippen LogP contribution in [0.5, 0.6) is 23.1 Å². The number of benzene rings is 3. The summed E-state index contributed by atoms with van der Waals surface area (Å²) in [4.78, 5) is 33.8. The molecule has 0 aliphatic rings. The summed E-state index contributed by atoms with van der Waals surface area (Å²) in [5.74, 6) is 0.305. The first-order valence-corrected chi connectivity index (χ1v) is 15.6. The van der Waals surface area contributed by atoms with E-state index in [-0.39, 0.29) is 46.7 Å². The second-order valence-corrected chi connectivity index (χ2v) is 12.5. The topological polar surface area (TPSA) is 158 Å². The summed E-state index contributed by atoms with van der Waals surface area (Å²) in [5.41, 5.74) is 1.32. The van der Waals surface area contributed by atoms with Crippen molar-refractivity contribution in [2.45, 2.75) is 31.1 Å². The highest BCUT2D eigenvalue weighted by atomic mass is 32.2. The Balaban J connectivity index is 1.49. The lowest BCUT2D eigenvalue weighted by atomic mass is 9.87.